The van der Waals surface area contributed by atoms with Crippen molar-refractivity contribution < 1.29 is 63.0 Å². The predicted molar refractivity (Wildman–Crippen MR) is 278 cm³/mol. The van der Waals surface area contributed by atoms with Gasteiger partial charge in [-0.2, -0.15) is 0 Å². The number of phenolic OH excluding ortho intramolecular Hbond substituents is 1. The molecule has 2 fully saturated rings. The van der Waals surface area contributed by atoms with Crippen LogP contribution in [-0.4, -0.2) is 166 Å². The van der Waals surface area contributed by atoms with Gasteiger partial charge in [0.2, 0.25) is 65.0 Å². The molecule has 27 nitrogen and oxygen atoms in total. The summed E-state index contributed by atoms with van der Waals surface area (Å²) in [6.07, 6.45) is -2.00. The first-order valence-electron chi connectivity index (χ1n) is 24.1. The molecule has 29 heteroatoms. The van der Waals surface area contributed by atoms with E-state index in [0.717, 1.165) is 21.6 Å². The highest BCUT2D eigenvalue weighted by Gasteiger charge is 2.44. The van der Waals surface area contributed by atoms with E-state index < -0.39 is 139 Å². The number of benzene rings is 2. The first-order chi connectivity index (χ1) is 36.1. The van der Waals surface area contributed by atoms with Crippen LogP contribution in [0.25, 0.3) is 0 Å². The van der Waals surface area contributed by atoms with E-state index in [1.54, 1.807) is 30.3 Å². The second-order valence-electron chi connectivity index (χ2n) is 17.9. The molecule has 2 aliphatic heterocycles. The van der Waals surface area contributed by atoms with E-state index in [9.17, 15) is 63.0 Å². The molecule has 0 bridgehead atoms. The van der Waals surface area contributed by atoms with Gasteiger partial charge in [-0.05, 0) is 55.4 Å². The number of hydrogen-bond acceptors (Lipinski definition) is 16. The Morgan fingerprint density at radius 3 is 2.14 bits per heavy atom. The number of phenols is 1. The fraction of sp³-hybridized carbons (Fsp3) is 0.489. The van der Waals surface area contributed by atoms with Gasteiger partial charge in [0.1, 0.15) is 47.5 Å². The number of primary amides is 3. The van der Waals surface area contributed by atoms with Gasteiger partial charge in [0.05, 0.1) is 19.6 Å². The van der Waals surface area contributed by atoms with E-state index in [1.807, 2.05) is 0 Å². The van der Waals surface area contributed by atoms with E-state index in [1.165, 1.54) is 29.2 Å². The summed E-state index contributed by atoms with van der Waals surface area (Å²) in [7, 11) is 2.13. The third-order valence-electron chi connectivity index (χ3n) is 12.0. The van der Waals surface area contributed by atoms with Crippen molar-refractivity contribution >= 4 is 92.5 Å². The molecule has 76 heavy (non-hydrogen) atoms. The second kappa shape index (κ2) is 30.0. The molecule has 11 amide bonds. The monoisotopic (exact) mass is 1100 g/mol. The van der Waals surface area contributed by atoms with Crippen molar-refractivity contribution in [1.29, 1.82) is 0 Å². The SMILES string of the molecule is NC(=O)CC[C@@H]1NC(=O)[C@](CO)(Cc2ccccc2)NC(=O)[C@H](Cc2ccc(O)cc2)NC(=O)CCSSC[C@@H](C(=O)N2CCC[C@H]2C(=O)N[C@@H](CCCN=C(N)N)C(=O)NCC(N)=O)NC(=O)[C@H](CC(N)=O)NC1=O. The highest BCUT2D eigenvalue weighted by molar-refractivity contribution is 8.76. The molecule has 0 saturated carbocycles. The summed E-state index contributed by atoms with van der Waals surface area (Å²) >= 11 is 0. The zero-order valence-electron chi connectivity index (χ0n) is 41.5. The van der Waals surface area contributed by atoms with Crippen molar-refractivity contribution in [2.24, 2.45) is 33.7 Å². The smallest absolute Gasteiger partial charge is 0.249 e. The Kier molecular flexibility index (Phi) is 24.1. The quantitative estimate of drug-likeness (QED) is 0.0256. The summed E-state index contributed by atoms with van der Waals surface area (Å²) in [6, 6.07) is 5.04. The number of aromatic hydroxyl groups is 1. The number of nitrogens with zero attached hydrogens (tertiary/aromatic N) is 2. The third-order valence-corrected chi connectivity index (χ3v) is 14.4. The van der Waals surface area contributed by atoms with Crippen LogP contribution in [0.2, 0.25) is 0 Å². The van der Waals surface area contributed by atoms with Crippen molar-refractivity contribution in [3.05, 3.63) is 65.7 Å². The van der Waals surface area contributed by atoms with Gasteiger partial charge in [-0.15, -0.1) is 0 Å². The summed E-state index contributed by atoms with van der Waals surface area (Å²) in [4.78, 5) is 154. The van der Waals surface area contributed by atoms with Crippen molar-refractivity contribution in [1.82, 2.24) is 42.1 Å². The number of amides is 11. The number of aliphatic imine (C=N–C) groups is 1. The largest absolute Gasteiger partial charge is 0.508 e. The number of carbonyl (C=O) groups is 11. The Labute approximate surface area is 444 Å². The highest BCUT2D eigenvalue weighted by atomic mass is 33.1. The van der Waals surface area contributed by atoms with Crippen LogP contribution < -0.4 is 65.9 Å². The molecule has 2 aromatic carbocycles. The third kappa shape index (κ3) is 19.6. The standard InChI is InChI=1S/C47H66N14O13S2/c48-35(64)15-14-30-40(69)57-32(21-36(49)65)41(70)58-33(44(73)61-18-5-9-34(61)43(72)56-29(8-4-17-53-46(51)52)39(68)54-23-37(50)66)24-76-75-19-16-38(67)55-31(20-26-10-12-28(63)13-11-26)42(71)60-47(25-62,45(74)59-30)22-27-6-2-1-3-7-27/h1-3,6-7,10-13,29-34,62-63H,4-5,8-9,14-25H2,(H2,48,64)(H2,49,65)(H2,50,66)(H,54,68)(H,55,67)(H,56,72)(H,57,69)(H,58,70)(H,59,74)(H,60,71)(H4,51,52,53)/t29-,30-,31-,32-,33-,34-,47+/m0/s1. The second-order valence-corrected chi connectivity index (χ2v) is 20.6. The lowest BCUT2D eigenvalue weighted by Gasteiger charge is -2.35. The topological polar surface area (TPSA) is 458 Å². The number of nitrogens with one attached hydrogen (secondary N) is 7. The van der Waals surface area contributed by atoms with Crippen molar-refractivity contribution in [3.63, 3.8) is 0 Å². The van der Waals surface area contributed by atoms with Crippen LogP contribution >= 0.6 is 21.6 Å². The first kappa shape index (κ1) is 60.9. The average molecular weight is 1100 g/mol. The molecule has 4 rings (SSSR count). The van der Waals surface area contributed by atoms with Gasteiger partial charge in [0, 0.05) is 50.3 Å². The molecule has 19 N–H and O–H groups in total. The number of nitrogens with two attached hydrogens (primary N) is 5. The fourth-order valence-corrected chi connectivity index (χ4v) is 10.2. The Bertz CT molecular complexity index is 2450. The van der Waals surface area contributed by atoms with E-state index in [4.69, 9.17) is 28.7 Å². The van der Waals surface area contributed by atoms with Crippen LogP contribution in [-0.2, 0) is 65.6 Å². The maximum atomic E-state index is 14.7. The van der Waals surface area contributed by atoms with Crippen LogP contribution in [0.4, 0.5) is 0 Å². The molecule has 7 atom stereocenters. The summed E-state index contributed by atoms with van der Waals surface area (Å²) in [5.74, 6) is -10.6. The number of aliphatic hydroxyl groups excluding tert-OH is 1. The minimum absolute atomic E-state index is 0.000647. The maximum Gasteiger partial charge on any atom is 0.249 e. The van der Waals surface area contributed by atoms with Gasteiger partial charge in [-0.1, -0.05) is 64.1 Å². The van der Waals surface area contributed by atoms with E-state index in [2.05, 4.69) is 42.2 Å². The molecule has 0 spiro atoms. The lowest BCUT2D eigenvalue weighted by Crippen LogP contribution is -2.67. The number of likely N-dealkylation sites (tertiary alicyclic amines) is 1. The molecule has 0 aromatic heterocycles. The Balaban J connectivity index is 1.73. The minimum Gasteiger partial charge on any atom is -0.508 e. The van der Waals surface area contributed by atoms with E-state index >= 15 is 0 Å². The number of carbonyl (C=O) groups excluding carboxylic acids is 11. The van der Waals surface area contributed by atoms with Crippen LogP contribution in [0.1, 0.15) is 62.5 Å². The predicted octanol–water partition coefficient (Wildman–Crippen LogP) is -4.98. The van der Waals surface area contributed by atoms with Gasteiger partial charge in [0.15, 0.2) is 5.96 Å². The zero-order chi connectivity index (χ0) is 56.0. The van der Waals surface area contributed by atoms with Gasteiger partial charge < -0.3 is 81.0 Å². The van der Waals surface area contributed by atoms with E-state index in [-0.39, 0.29) is 74.8 Å². The van der Waals surface area contributed by atoms with Crippen molar-refractivity contribution in [2.45, 2.75) is 106 Å². The number of rotatable bonds is 20. The van der Waals surface area contributed by atoms with Crippen molar-refractivity contribution in [3.8, 4) is 5.75 Å². The normalized spacial score (nSPS) is 22.5. The van der Waals surface area contributed by atoms with Crippen molar-refractivity contribution in [2.75, 3.05) is 37.7 Å². The van der Waals surface area contributed by atoms with Gasteiger partial charge in [-0.3, -0.25) is 57.7 Å². The number of aliphatic hydroxyl groups is 1. The van der Waals surface area contributed by atoms with Gasteiger partial charge >= 0.3 is 0 Å². The Morgan fingerprint density at radius 2 is 1.50 bits per heavy atom. The summed E-state index contributed by atoms with van der Waals surface area (Å²) in [6.45, 7) is -1.52. The maximum absolute atomic E-state index is 14.7. The number of guanidine groups is 1. The molecule has 2 aliphatic rings. The summed E-state index contributed by atoms with van der Waals surface area (Å²) in [5, 5.41) is 38.7. The molecule has 2 heterocycles. The molecule has 2 aromatic rings. The summed E-state index contributed by atoms with van der Waals surface area (Å²) in [5.41, 5.74) is 25.7. The number of hydrogen-bond donors (Lipinski definition) is 14. The molecular formula is C47H66N14O13S2. The minimum atomic E-state index is -2.27. The van der Waals surface area contributed by atoms with Gasteiger partial charge in [0.25, 0.3) is 0 Å². The zero-order valence-corrected chi connectivity index (χ0v) is 43.1. The molecule has 0 radical (unpaired) electrons. The molecule has 0 aliphatic carbocycles. The van der Waals surface area contributed by atoms with Gasteiger partial charge in [-0.25, -0.2) is 0 Å². The average Bonchev–Trinajstić information content (AvgIpc) is 3.87. The Morgan fingerprint density at radius 1 is 0.803 bits per heavy atom. The first-order valence-corrected chi connectivity index (χ1v) is 26.6. The van der Waals surface area contributed by atoms with Crippen LogP contribution in [0.5, 0.6) is 5.75 Å². The molecular weight excluding hydrogens is 1030 g/mol. The fourth-order valence-electron chi connectivity index (χ4n) is 8.09. The van der Waals surface area contributed by atoms with E-state index in [0.29, 0.717) is 17.5 Å². The Hall–Kier alpha value is -7.66. The van der Waals surface area contributed by atoms with Crippen LogP contribution in [0.15, 0.2) is 59.6 Å². The highest BCUT2D eigenvalue weighted by Crippen LogP contribution is 2.26. The lowest BCUT2D eigenvalue weighted by atomic mass is 9.89. The molecule has 0 unspecified atom stereocenters. The molecule has 2 saturated heterocycles. The molecule has 414 valence electrons. The lowest BCUT2D eigenvalue weighted by molar-refractivity contribution is -0.142. The summed E-state index contributed by atoms with van der Waals surface area (Å²) < 4.78 is 0. The van der Waals surface area contributed by atoms with Crippen LogP contribution in [0, 0.1) is 0 Å². The van der Waals surface area contributed by atoms with Crippen LogP contribution in [0.3, 0.4) is 0 Å².